The van der Waals surface area contributed by atoms with Crippen molar-refractivity contribution in [2.24, 2.45) is 0 Å². The average molecular weight is 1040 g/mol. The first-order valence-electron chi connectivity index (χ1n) is 31.7. The molecule has 0 bridgehead atoms. The van der Waals surface area contributed by atoms with E-state index in [1.165, 1.54) is 154 Å². The van der Waals surface area contributed by atoms with E-state index in [-0.39, 0.29) is 31.6 Å². The average Bonchev–Trinajstić information content (AvgIpc) is 3.41. The van der Waals surface area contributed by atoms with Gasteiger partial charge in [0.25, 0.3) is 0 Å². The van der Waals surface area contributed by atoms with Crippen LogP contribution >= 0.6 is 0 Å². The van der Waals surface area contributed by atoms with Gasteiger partial charge >= 0.3 is 17.9 Å². The minimum Gasteiger partial charge on any atom is -0.462 e. The van der Waals surface area contributed by atoms with Gasteiger partial charge in [0.05, 0.1) is 0 Å². The molecule has 0 saturated carbocycles. The van der Waals surface area contributed by atoms with E-state index in [1.807, 2.05) is 6.08 Å². The molecule has 430 valence electrons. The maximum Gasteiger partial charge on any atom is 0.306 e. The minimum absolute atomic E-state index is 0.110. The number of rotatable bonds is 57. The molecule has 0 saturated heterocycles. The molecule has 0 rings (SSSR count). The van der Waals surface area contributed by atoms with Gasteiger partial charge in [-0.2, -0.15) is 0 Å². The number of carbonyl (C=O) groups excluding carboxylic acids is 3. The fourth-order valence-corrected chi connectivity index (χ4v) is 8.85. The molecular formula is C69H118O6. The Morgan fingerprint density at radius 1 is 0.280 bits per heavy atom. The fourth-order valence-electron chi connectivity index (χ4n) is 8.85. The topological polar surface area (TPSA) is 78.9 Å². The van der Waals surface area contributed by atoms with E-state index in [4.69, 9.17) is 14.2 Å². The highest BCUT2D eigenvalue weighted by molar-refractivity contribution is 5.71. The van der Waals surface area contributed by atoms with Crippen molar-refractivity contribution in [2.75, 3.05) is 13.2 Å². The standard InChI is InChI=1S/C69H118O6/c1-4-7-10-13-16-19-22-25-28-31-33-34-35-37-38-41-44-47-50-53-56-59-62-68(71)74-65-66(64-73-67(70)61-58-55-52-49-46-43-40-30-27-24-21-18-15-12-9-6-3)75-69(72)63-60-57-54-51-48-45-42-39-36-32-29-26-23-20-17-14-11-8-5-2/h8,11,17,20-21,24,26,29-30,36,39-40,45,48,54,57,66H,4-7,9-10,12-16,18-19,22-23,25,27-28,31-35,37-38,41-44,46-47,49-53,55-56,58-65H2,1-3H3/b11-8-,20-17-,24-21-,29-26-,39-36-,40-30-,48-45-,57-54-. The van der Waals surface area contributed by atoms with Crippen LogP contribution in [0.3, 0.4) is 0 Å². The number of esters is 3. The summed E-state index contributed by atoms with van der Waals surface area (Å²) in [6.07, 6.45) is 84.3. The molecule has 0 aliphatic heterocycles. The van der Waals surface area contributed by atoms with Gasteiger partial charge in [0, 0.05) is 19.3 Å². The first kappa shape index (κ1) is 71.3. The molecule has 6 heteroatoms. The van der Waals surface area contributed by atoms with E-state index >= 15 is 0 Å². The lowest BCUT2D eigenvalue weighted by Crippen LogP contribution is -2.30. The Hall–Kier alpha value is -3.67. The molecule has 0 heterocycles. The molecule has 0 amide bonds. The van der Waals surface area contributed by atoms with E-state index < -0.39 is 12.1 Å². The van der Waals surface area contributed by atoms with Crippen molar-refractivity contribution in [3.05, 3.63) is 97.2 Å². The second-order valence-electron chi connectivity index (χ2n) is 20.9. The van der Waals surface area contributed by atoms with Gasteiger partial charge < -0.3 is 14.2 Å². The summed E-state index contributed by atoms with van der Waals surface area (Å²) in [5, 5.41) is 0. The smallest absolute Gasteiger partial charge is 0.306 e. The molecule has 1 unspecified atom stereocenters. The molecule has 6 nitrogen and oxygen atoms in total. The number of carbonyl (C=O) groups is 3. The Labute approximate surface area is 464 Å². The number of hydrogen-bond acceptors (Lipinski definition) is 6. The molecule has 0 aromatic rings. The Morgan fingerprint density at radius 2 is 0.547 bits per heavy atom. The van der Waals surface area contributed by atoms with Gasteiger partial charge in [-0.05, 0) is 89.9 Å². The maximum absolute atomic E-state index is 12.9. The summed E-state index contributed by atoms with van der Waals surface area (Å²) >= 11 is 0. The van der Waals surface area contributed by atoms with Crippen LogP contribution in [0.5, 0.6) is 0 Å². The van der Waals surface area contributed by atoms with E-state index in [9.17, 15) is 14.4 Å². The van der Waals surface area contributed by atoms with Crippen LogP contribution in [0.25, 0.3) is 0 Å². The predicted octanol–water partition coefficient (Wildman–Crippen LogP) is 21.7. The summed E-state index contributed by atoms with van der Waals surface area (Å²) in [6, 6.07) is 0. The Balaban J connectivity index is 4.45. The van der Waals surface area contributed by atoms with Crippen molar-refractivity contribution in [3.63, 3.8) is 0 Å². The number of allylic oxidation sites excluding steroid dienone is 16. The van der Waals surface area contributed by atoms with Crippen LogP contribution in [0.2, 0.25) is 0 Å². The first-order valence-corrected chi connectivity index (χ1v) is 31.7. The highest BCUT2D eigenvalue weighted by Crippen LogP contribution is 2.17. The number of unbranched alkanes of at least 4 members (excludes halogenated alkanes) is 30. The Bertz CT molecular complexity index is 1480. The summed E-state index contributed by atoms with van der Waals surface area (Å²) in [4.78, 5) is 38.3. The molecule has 0 aliphatic carbocycles. The van der Waals surface area contributed by atoms with E-state index in [0.717, 1.165) is 103 Å². The third-order valence-corrected chi connectivity index (χ3v) is 13.6. The second kappa shape index (κ2) is 62.9. The zero-order chi connectivity index (χ0) is 54.3. The normalized spacial score (nSPS) is 12.7. The van der Waals surface area contributed by atoms with E-state index in [0.29, 0.717) is 19.3 Å². The summed E-state index contributed by atoms with van der Waals surface area (Å²) in [5.41, 5.74) is 0. The van der Waals surface area contributed by atoms with Gasteiger partial charge in [-0.1, -0.05) is 291 Å². The van der Waals surface area contributed by atoms with Crippen LogP contribution in [-0.4, -0.2) is 37.2 Å². The molecule has 0 aliphatic rings. The molecule has 75 heavy (non-hydrogen) atoms. The molecule has 0 aromatic carbocycles. The third kappa shape index (κ3) is 61.1. The van der Waals surface area contributed by atoms with Gasteiger partial charge in [0.15, 0.2) is 6.10 Å². The Morgan fingerprint density at radius 3 is 0.880 bits per heavy atom. The lowest BCUT2D eigenvalue weighted by Gasteiger charge is -2.18. The molecule has 0 fully saturated rings. The maximum atomic E-state index is 12.9. The van der Waals surface area contributed by atoms with Crippen molar-refractivity contribution in [3.8, 4) is 0 Å². The predicted molar refractivity (Wildman–Crippen MR) is 325 cm³/mol. The van der Waals surface area contributed by atoms with E-state index in [2.05, 4.69) is 112 Å². The molecule has 0 radical (unpaired) electrons. The van der Waals surface area contributed by atoms with Crippen molar-refractivity contribution in [2.45, 2.75) is 309 Å². The zero-order valence-electron chi connectivity index (χ0n) is 49.3. The van der Waals surface area contributed by atoms with Crippen molar-refractivity contribution in [1.82, 2.24) is 0 Å². The van der Waals surface area contributed by atoms with Crippen LogP contribution < -0.4 is 0 Å². The molecule has 0 aromatic heterocycles. The third-order valence-electron chi connectivity index (χ3n) is 13.6. The monoisotopic (exact) mass is 1040 g/mol. The van der Waals surface area contributed by atoms with Crippen LogP contribution in [0.1, 0.15) is 303 Å². The summed E-state index contributed by atoms with van der Waals surface area (Å²) in [6.45, 7) is 6.47. The number of ether oxygens (including phenoxy) is 3. The number of hydrogen-bond donors (Lipinski definition) is 0. The molecule has 1 atom stereocenters. The lowest BCUT2D eigenvalue weighted by molar-refractivity contribution is -0.166. The first-order chi connectivity index (χ1) is 37.0. The minimum atomic E-state index is -0.824. The SMILES string of the molecule is CC/C=C\C/C=C\C/C=C\C/C=C\C/C=C\C/C=C\CCC(=O)OC(COC(=O)CCCCCCC/C=C\C/C=C\CCCCCC)COC(=O)CCCCCCCCCCCCCCCCCCCCCCCC. The summed E-state index contributed by atoms with van der Waals surface area (Å²) in [7, 11) is 0. The molecular weight excluding hydrogens is 925 g/mol. The second-order valence-corrected chi connectivity index (χ2v) is 20.9. The van der Waals surface area contributed by atoms with E-state index in [1.54, 1.807) is 0 Å². The van der Waals surface area contributed by atoms with Gasteiger partial charge in [0.1, 0.15) is 13.2 Å². The van der Waals surface area contributed by atoms with Crippen LogP contribution in [0.4, 0.5) is 0 Å². The van der Waals surface area contributed by atoms with Crippen molar-refractivity contribution >= 4 is 17.9 Å². The fraction of sp³-hybridized carbons (Fsp3) is 0.725. The van der Waals surface area contributed by atoms with Gasteiger partial charge in [0.2, 0.25) is 0 Å². The summed E-state index contributed by atoms with van der Waals surface area (Å²) < 4.78 is 16.8. The molecule has 0 spiro atoms. The quantitative estimate of drug-likeness (QED) is 0.0261. The Kier molecular flexibility index (Phi) is 59.8. The van der Waals surface area contributed by atoms with Gasteiger partial charge in [-0.15, -0.1) is 0 Å². The van der Waals surface area contributed by atoms with Crippen molar-refractivity contribution < 1.29 is 28.6 Å². The highest BCUT2D eigenvalue weighted by atomic mass is 16.6. The lowest BCUT2D eigenvalue weighted by atomic mass is 10.0. The largest absolute Gasteiger partial charge is 0.462 e. The zero-order valence-corrected chi connectivity index (χ0v) is 49.3. The van der Waals surface area contributed by atoms with Crippen LogP contribution in [-0.2, 0) is 28.6 Å². The molecule has 0 N–H and O–H groups in total. The van der Waals surface area contributed by atoms with Gasteiger partial charge in [-0.25, -0.2) is 0 Å². The van der Waals surface area contributed by atoms with Crippen LogP contribution in [0, 0.1) is 0 Å². The van der Waals surface area contributed by atoms with Gasteiger partial charge in [-0.3, -0.25) is 14.4 Å². The van der Waals surface area contributed by atoms with Crippen molar-refractivity contribution in [1.29, 1.82) is 0 Å². The summed E-state index contributed by atoms with van der Waals surface area (Å²) in [5.74, 6) is -0.999. The highest BCUT2D eigenvalue weighted by Gasteiger charge is 2.19. The van der Waals surface area contributed by atoms with Crippen LogP contribution in [0.15, 0.2) is 97.2 Å².